The molecule has 0 radical (unpaired) electrons. The maximum atomic E-state index is 9.48. The molecule has 5 heteroatoms. The van der Waals surface area contributed by atoms with Crippen molar-refractivity contribution in [2.45, 2.75) is 77.8 Å². The second kappa shape index (κ2) is 11.4. The van der Waals surface area contributed by atoms with Crippen molar-refractivity contribution in [1.82, 2.24) is 0 Å². The van der Waals surface area contributed by atoms with E-state index in [1.54, 1.807) is 27.7 Å². The Labute approximate surface area is 129 Å². The first kappa shape index (κ1) is 20.8. The van der Waals surface area contributed by atoms with Gasteiger partial charge in [0, 0.05) is 13.2 Å². The molecule has 4 N–H and O–H groups in total. The van der Waals surface area contributed by atoms with Crippen molar-refractivity contribution in [2.75, 3.05) is 13.2 Å². The van der Waals surface area contributed by atoms with Gasteiger partial charge in [0.05, 0.1) is 24.4 Å². The second-order valence-electron chi connectivity index (χ2n) is 6.61. The lowest BCUT2D eigenvalue weighted by Crippen LogP contribution is -2.24. The Morgan fingerprint density at radius 2 is 0.810 bits per heavy atom. The monoisotopic (exact) mass is 306 g/mol. The van der Waals surface area contributed by atoms with E-state index >= 15 is 0 Å². The second-order valence-corrected chi connectivity index (χ2v) is 6.61. The average molecular weight is 306 g/mol. The topological polar surface area (TPSA) is 90.2 Å². The lowest BCUT2D eigenvalue weighted by Gasteiger charge is -2.23. The summed E-state index contributed by atoms with van der Waals surface area (Å²) in [6, 6.07) is 0. The first-order valence-electron chi connectivity index (χ1n) is 8.00. The Bertz CT molecular complexity index is 197. The largest absolute Gasteiger partial charge is 0.393 e. The molecule has 0 heterocycles. The van der Waals surface area contributed by atoms with E-state index < -0.39 is 24.4 Å². The minimum absolute atomic E-state index is 0.115. The highest BCUT2D eigenvalue weighted by Crippen LogP contribution is 2.18. The number of rotatable bonds is 12. The van der Waals surface area contributed by atoms with Gasteiger partial charge in [0.15, 0.2) is 0 Å². The molecule has 5 nitrogen and oxygen atoms in total. The normalized spacial score (nSPS) is 20.6. The van der Waals surface area contributed by atoms with Gasteiger partial charge in [-0.05, 0) is 65.2 Å². The third-order valence-corrected chi connectivity index (χ3v) is 3.40. The Morgan fingerprint density at radius 1 is 0.571 bits per heavy atom. The number of aliphatic hydroxyl groups is 4. The van der Waals surface area contributed by atoms with Gasteiger partial charge < -0.3 is 25.2 Å². The van der Waals surface area contributed by atoms with Crippen molar-refractivity contribution in [1.29, 1.82) is 0 Å². The van der Waals surface area contributed by atoms with E-state index in [9.17, 15) is 20.4 Å². The third-order valence-electron chi connectivity index (χ3n) is 3.40. The zero-order valence-corrected chi connectivity index (χ0v) is 13.9. The maximum Gasteiger partial charge on any atom is 0.0515 e. The predicted molar refractivity (Wildman–Crippen MR) is 83.0 cm³/mol. The summed E-state index contributed by atoms with van der Waals surface area (Å²) in [7, 11) is 0. The minimum Gasteiger partial charge on any atom is -0.393 e. The summed E-state index contributed by atoms with van der Waals surface area (Å²) >= 11 is 0. The number of hydrogen-bond donors (Lipinski definition) is 4. The zero-order valence-electron chi connectivity index (χ0n) is 13.9. The fraction of sp³-hybridized carbons (Fsp3) is 1.00. The van der Waals surface area contributed by atoms with Crippen molar-refractivity contribution in [3.8, 4) is 0 Å². The van der Waals surface area contributed by atoms with Crippen LogP contribution in [0.2, 0.25) is 0 Å². The molecule has 0 aromatic heterocycles. The Hall–Kier alpha value is -0.200. The average Bonchev–Trinajstić information content (AvgIpc) is 2.24. The molecule has 0 aromatic carbocycles. The molecule has 0 saturated heterocycles. The van der Waals surface area contributed by atoms with Gasteiger partial charge >= 0.3 is 0 Å². The van der Waals surface area contributed by atoms with Gasteiger partial charge in [-0.25, -0.2) is 0 Å². The molecule has 4 atom stereocenters. The molecule has 21 heavy (non-hydrogen) atoms. The van der Waals surface area contributed by atoms with E-state index in [-0.39, 0.29) is 11.8 Å². The maximum absolute atomic E-state index is 9.48. The van der Waals surface area contributed by atoms with E-state index in [1.807, 2.05) is 0 Å². The fourth-order valence-electron chi connectivity index (χ4n) is 2.80. The van der Waals surface area contributed by atoms with Crippen LogP contribution in [0.15, 0.2) is 0 Å². The molecular weight excluding hydrogens is 272 g/mol. The quantitative estimate of drug-likeness (QED) is 0.436. The molecule has 0 aromatic rings. The summed E-state index contributed by atoms with van der Waals surface area (Å²) < 4.78 is 5.72. The van der Waals surface area contributed by atoms with Crippen molar-refractivity contribution < 1.29 is 25.2 Å². The van der Waals surface area contributed by atoms with Crippen LogP contribution < -0.4 is 0 Å². The molecule has 4 unspecified atom stereocenters. The number of aliphatic hydroxyl groups excluding tert-OH is 4. The Balaban J connectivity index is 4.21. The summed E-state index contributed by atoms with van der Waals surface area (Å²) in [5, 5.41) is 37.9. The zero-order chi connectivity index (χ0) is 16.4. The van der Waals surface area contributed by atoms with Crippen LogP contribution in [0.25, 0.3) is 0 Å². The molecule has 0 amide bonds. The highest BCUT2D eigenvalue weighted by atomic mass is 16.5. The summed E-state index contributed by atoms with van der Waals surface area (Å²) in [6.45, 7) is 7.90. The van der Waals surface area contributed by atoms with Crippen LogP contribution in [0, 0.1) is 11.8 Å². The van der Waals surface area contributed by atoms with Crippen molar-refractivity contribution in [3.05, 3.63) is 0 Å². The smallest absolute Gasteiger partial charge is 0.0515 e. The van der Waals surface area contributed by atoms with Crippen LogP contribution in [0.1, 0.15) is 53.4 Å². The van der Waals surface area contributed by atoms with Crippen LogP contribution in [-0.2, 0) is 4.74 Å². The fourth-order valence-corrected chi connectivity index (χ4v) is 2.80. The van der Waals surface area contributed by atoms with Crippen LogP contribution in [-0.4, -0.2) is 58.1 Å². The standard InChI is InChI=1S/C16H34O5/c1-11(17)5-15(6-12(2)18)9-21-10-16(7-13(3)19)8-14(4)20/h11-20H,5-10H2,1-4H3. The molecule has 0 bridgehead atoms. The Kier molecular flexibility index (Phi) is 11.3. The van der Waals surface area contributed by atoms with E-state index in [4.69, 9.17) is 4.74 Å². The highest BCUT2D eigenvalue weighted by molar-refractivity contribution is 4.68. The van der Waals surface area contributed by atoms with Gasteiger partial charge in [0.1, 0.15) is 0 Å². The molecule has 0 spiro atoms. The van der Waals surface area contributed by atoms with Crippen LogP contribution in [0.4, 0.5) is 0 Å². The van der Waals surface area contributed by atoms with Gasteiger partial charge in [0.2, 0.25) is 0 Å². The molecule has 0 aliphatic heterocycles. The molecule has 128 valence electrons. The molecular formula is C16H34O5. The van der Waals surface area contributed by atoms with Gasteiger partial charge in [-0.2, -0.15) is 0 Å². The van der Waals surface area contributed by atoms with Gasteiger partial charge in [-0.1, -0.05) is 0 Å². The minimum atomic E-state index is -0.414. The van der Waals surface area contributed by atoms with Crippen LogP contribution >= 0.6 is 0 Å². The van der Waals surface area contributed by atoms with Crippen molar-refractivity contribution >= 4 is 0 Å². The lowest BCUT2D eigenvalue weighted by atomic mass is 9.95. The summed E-state index contributed by atoms with van der Waals surface area (Å²) in [4.78, 5) is 0. The van der Waals surface area contributed by atoms with Gasteiger partial charge in [0.25, 0.3) is 0 Å². The summed E-state index contributed by atoms with van der Waals surface area (Å²) in [6.07, 6.45) is 0.743. The molecule has 0 aliphatic rings. The van der Waals surface area contributed by atoms with E-state index in [2.05, 4.69) is 0 Å². The third kappa shape index (κ3) is 13.2. The summed E-state index contributed by atoms with van der Waals surface area (Å²) in [5.41, 5.74) is 0. The van der Waals surface area contributed by atoms with Gasteiger partial charge in [-0.3, -0.25) is 0 Å². The van der Waals surface area contributed by atoms with E-state index in [1.165, 1.54) is 0 Å². The molecule has 0 aliphatic carbocycles. The first-order chi connectivity index (χ1) is 9.70. The number of ether oxygens (including phenoxy) is 1. The predicted octanol–water partition coefficient (Wildman–Crippen LogP) is 1.32. The first-order valence-corrected chi connectivity index (χ1v) is 8.00. The molecule has 0 saturated carbocycles. The van der Waals surface area contributed by atoms with E-state index in [0.717, 1.165) is 0 Å². The van der Waals surface area contributed by atoms with Crippen LogP contribution in [0.3, 0.4) is 0 Å². The van der Waals surface area contributed by atoms with Crippen LogP contribution in [0.5, 0.6) is 0 Å². The van der Waals surface area contributed by atoms with Crippen molar-refractivity contribution in [2.24, 2.45) is 11.8 Å². The van der Waals surface area contributed by atoms with Gasteiger partial charge in [-0.15, -0.1) is 0 Å². The molecule has 0 fully saturated rings. The number of hydrogen-bond acceptors (Lipinski definition) is 5. The van der Waals surface area contributed by atoms with E-state index in [0.29, 0.717) is 38.9 Å². The highest BCUT2D eigenvalue weighted by Gasteiger charge is 2.18. The SMILES string of the molecule is CC(O)CC(COCC(CC(C)O)CC(C)O)CC(C)O. The summed E-state index contributed by atoms with van der Waals surface area (Å²) in [5.74, 6) is 0.229. The lowest BCUT2D eigenvalue weighted by molar-refractivity contribution is 0.0141. The molecule has 0 rings (SSSR count). The van der Waals surface area contributed by atoms with Crippen molar-refractivity contribution in [3.63, 3.8) is 0 Å². The Morgan fingerprint density at radius 3 is 1.00 bits per heavy atom.